The van der Waals surface area contributed by atoms with Gasteiger partial charge in [0.25, 0.3) is 0 Å². The van der Waals surface area contributed by atoms with Gasteiger partial charge in [0.15, 0.2) is 0 Å². The number of aryl methyl sites for hydroxylation is 1. The third-order valence-corrected chi connectivity index (χ3v) is 4.63. The monoisotopic (exact) mass is 332 g/mol. The number of nitrogens with zero attached hydrogens (tertiary/aromatic N) is 4. The van der Waals surface area contributed by atoms with Gasteiger partial charge in [-0.15, -0.1) is 11.3 Å². The molecular formula is C15H20N6OS. The van der Waals surface area contributed by atoms with Crippen LogP contribution < -0.4 is 15.5 Å². The Bertz CT molecular complexity index is 646. The highest BCUT2D eigenvalue weighted by atomic mass is 32.1. The van der Waals surface area contributed by atoms with Crippen LogP contribution in [0.1, 0.15) is 23.5 Å². The molecule has 0 bridgehead atoms. The first-order chi connectivity index (χ1) is 11.2. The van der Waals surface area contributed by atoms with Gasteiger partial charge < -0.3 is 15.5 Å². The Hall–Kier alpha value is -2.22. The minimum Gasteiger partial charge on any atom is -0.339 e. The molecule has 7 nitrogen and oxygen atoms in total. The molecule has 0 aromatic carbocycles. The molecule has 2 aromatic heterocycles. The lowest BCUT2D eigenvalue weighted by atomic mass is 10.1. The Morgan fingerprint density at radius 1 is 1.43 bits per heavy atom. The van der Waals surface area contributed by atoms with E-state index in [2.05, 4.69) is 30.5 Å². The van der Waals surface area contributed by atoms with Crippen molar-refractivity contribution in [2.24, 2.45) is 0 Å². The topological polar surface area (TPSA) is 83.0 Å². The standard InChI is InChI=1S/C15H20N6OS/c1-11-10-23-13(19-11)8-18-15(22)20-12-4-2-7-21(9-12)14-16-5-3-6-17-14/h3,5-6,10,12H,2,4,7-9H2,1H3,(H2,18,20,22)/t12-/m1/s1. The van der Waals surface area contributed by atoms with Crippen LogP contribution in [0.3, 0.4) is 0 Å². The van der Waals surface area contributed by atoms with Gasteiger partial charge in [-0.05, 0) is 25.8 Å². The van der Waals surface area contributed by atoms with Crippen LogP contribution in [0, 0.1) is 6.92 Å². The number of piperidine rings is 1. The minimum absolute atomic E-state index is 0.102. The van der Waals surface area contributed by atoms with Gasteiger partial charge in [-0.25, -0.2) is 19.7 Å². The van der Waals surface area contributed by atoms with E-state index < -0.39 is 0 Å². The summed E-state index contributed by atoms with van der Waals surface area (Å²) in [7, 11) is 0. The zero-order chi connectivity index (χ0) is 16.1. The van der Waals surface area contributed by atoms with Gasteiger partial charge in [0, 0.05) is 42.6 Å². The molecule has 0 unspecified atom stereocenters. The van der Waals surface area contributed by atoms with E-state index in [0.717, 1.165) is 42.6 Å². The lowest BCUT2D eigenvalue weighted by Gasteiger charge is -2.33. The minimum atomic E-state index is -0.154. The predicted octanol–water partition coefficient (Wildman–Crippen LogP) is 1.71. The van der Waals surface area contributed by atoms with Crippen LogP contribution >= 0.6 is 11.3 Å². The van der Waals surface area contributed by atoms with Crippen LogP contribution in [0.15, 0.2) is 23.8 Å². The average Bonchev–Trinajstić information content (AvgIpc) is 3.00. The summed E-state index contributed by atoms with van der Waals surface area (Å²) in [6.07, 6.45) is 5.45. The zero-order valence-electron chi connectivity index (χ0n) is 13.0. The number of thiazole rings is 1. The summed E-state index contributed by atoms with van der Waals surface area (Å²) in [6, 6.07) is 1.75. The number of hydrogen-bond acceptors (Lipinski definition) is 6. The largest absolute Gasteiger partial charge is 0.339 e. The first kappa shape index (κ1) is 15.7. The van der Waals surface area contributed by atoms with Crippen LogP contribution in [0.5, 0.6) is 0 Å². The molecule has 0 saturated carbocycles. The normalized spacial score (nSPS) is 17.8. The van der Waals surface area contributed by atoms with Gasteiger partial charge in [0.2, 0.25) is 5.95 Å². The maximum absolute atomic E-state index is 12.0. The van der Waals surface area contributed by atoms with Gasteiger partial charge in [-0.1, -0.05) is 0 Å². The fourth-order valence-corrected chi connectivity index (χ4v) is 3.32. The van der Waals surface area contributed by atoms with Crippen molar-refractivity contribution in [1.29, 1.82) is 0 Å². The third kappa shape index (κ3) is 4.38. The van der Waals surface area contributed by atoms with Crippen molar-refractivity contribution in [3.8, 4) is 0 Å². The molecule has 2 N–H and O–H groups in total. The second kappa shape index (κ2) is 7.36. The maximum atomic E-state index is 12.0. The van der Waals surface area contributed by atoms with Crippen molar-refractivity contribution >= 4 is 23.3 Å². The number of carbonyl (C=O) groups excluding carboxylic acids is 1. The maximum Gasteiger partial charge on any atom is 0.315 e. The molecule has 2 amide bonds. The fourth-order valence-electron chi connectivity index (χ4n) is 2.61. The number of amides is 2. The highest BCUT2D eigenvalue weighted by Crippen LogP contribution is 2.15. The van der Waals surface area contributed by atoms with Crippen molar-refractivity contribution in [2.75, 3.05) is 18.0 Å². The number of nitrogens with one attached hydrogen (secondary N) is 2. The predicted molar refractivity (Wildman–Crippen MR) is 89.5 cm³/mol. The summed E-state index contributed by atoms with van der Waals surface area (Å²) in [4.78, 5) is 27.0. The molecule has 8 heteroatoms. The summed E-state index contributed by atoms with van der Waals surface area (Å²) in [5.41, 5.74) is 0.984. The summed E-state index contributed by atoms with van der Waals surface area (Å²) >= 11 is 1.56. The van der Waals surface area contributed by atoms with E-state index in [1.807, 2.05) is 12.3 Å². The molecule has 2 aromatic rings. The number of anilines is 1. The van der Waals surface area contributed by atoms with E-state index >= 15 is 0 Å². The lowest BCUT2D eigenvalue weighted by molar-refractivity contribution is 0.234. The van der Waals surface area contributed by atoms with Crippen LogP contribution in [-0.2, 0) is 6.54 Å². The van der Waals surface area contributed by atoms with Crippen LogP contribution in [-0.4, -0.2) is 40.1 Å². The summed E-state index contributed by atoms with van der Waals surface area (Å²) in [5.74, 6) is 0.720. The van der Waals surface area contributed by atoms with Crippen molar-refractivity contribution in [2.45, 2.75) is 32.4 Å². The molecule has 3 rings (SSSR count). The van der Waals surface area contributed by atoms with Gasteiger partial charge >= 0.3 is 6.03 Å². The number of hydrogen-bond donors (Lipinski definition) is 2. The van der Waals surface area contributed by atoms with Crippen LogP contribution in [0.2, 0.25) is 0 Å². The van der Waals surface area contributed by atoms with Crippen LogP contribution in [0.25, 0.3) is 0 Å². The molecule has 1 aliphatic rings. The quantitative estimate of drug-likeness (QED) is 0.890. The van der Waals surface area contributed by atoms with E-state index in [-0.39, 0.29) is 12.1 Å². The molecule has 0 radical (unpaired) electrons. The number of aromatic nitrogens is 3. The molecule has 1 atom stereocenters. The number of rotatable bonds is 4. The summed E-state index contributed by atoms with van der Waals surface area (Å²) < 4.78 is 0. The van der Waals surface area contributed by atoms with Gasteiger partial charge in [-0.2, -0.15) is 0 Å². The Morgan fingerprint density at radius 3 is 3.00 bits per heavy atom. The Morgan fingerprint density at radius 2 is 2.26 bits per heavy atom. The Balaban J connectivity index is 1.48. The van der Waals surface area contributed by atoms with E-state index in [1.54, 1.807) is 29.8 Å². The molecule has 1 fully saturated rings. The van der Waals surface area contributed by atoms with Gasteiger partial charge in [-0.3, -0.25) is 0 Å². The summed E-state index contributed by atoms with van der Waals surface area (Å²) in [6.45, 7) is 4.06. The first-order valence-electron chi connectivity index (χ1n) is 7.68. The highest BCUT2D eigenvalue weighted by molar-refractivity contribution is 7.09. The molecule has 122 valence electrons. The van der Waals surface area contributed by atoms with Crippen molar-refractivity contribution in [3.63, 3.8) is 0 Å². The zero-order valence-corrected chi connectivity index (χ0v) is 13.8. The first-order valence-corrected chi connectivity index (χ1v) is 8.56. The molecule has 1 saturated heterocycles. The number of carbonyl (C=O) groups is 1. The smallest absolute Gasteiger partial charge is 0.315 e. The molecular weight excluding hydrogens is 312 g/mol. The average molecular weight is 332 g/mol. The Labute approximate surface area is 139 Å². The molecule has 3 heterocycles. The third-order valence-electron chi connectivity index (χ3n) is 3.66. The molecule has 0 spiro atoms. The second-order valence-electron chi connectivity index (χ2n) is 5.54. The SMILES string of the molecule is Cc1csc(CNC(=O)N[C@@H]2CCCN(c3ncccn3)C2)n1. The molecule has 1 aliphatic heterocycles. The lowest BCUT2D eigenvalue weighted by Crippen LogP contribution is -2.50. The number of urea groups is 1. The van der Waals surface area contributed by atoms with Crippen molar-refractivity contribution in [3.05, 3.63) is 34.5 Å². The van der Waals surface area contributed by atoms with Gasteiger partial charge in [0.05, 0.1) is 6.54 Å². The molecule has 23 heavy (non-hydrogen) atoms. The van der Waals surface area contributed by atoms with Crippen molar-refractivity contribution < 1.29 is 4.79 Å². The Kier molecular flexibility index (Phi) is 5.02. The fraction of sp³-hybridized carbons (Fsp3) is 0.467. The van der Waals surface area contributed by atoms with Crippen molar-refractivity contribution in [1.82, 2.24) is 25.6 Å². The van der Waals surface area contributed by atoms with E-state index in [0.29, 0.717) is 6.54 Å². The highest BCUT2D eigenvalue weighted by Gasteiger charge is 2.22. The van der Waals surface area contributed by atoms with E-state index in [9.17, 15) is 4.79 Å². The summed E-state index contributed by atoms with van der Waals surface area (Å²) in [5, 5.41) is 8.78. The molecule has 0 aliphatic carbocycles. The van der Waals surface area contributed by atoms with Crippen LogP contribution in [0.4, 0.5) is 10.7 Å². The second-order valence-corrected chi connectivity index (χ2v) is 6.49. The van der Waals surface area contributed by atoms with E-state index in [4.69, 9.17) is 0 Å². The van der Waals surface area contributed by atoms with E-state index in [1.165, 1.54) is 0 Å². The van der Waals surface area contributed by atoms with Gasteiger partial charge in [0.1, 0.15) is 5.01 Å².